The lowest BCUT2D eigenvalue weighted by molar-refractivity contribution is -0.384. The Bertz CT molecular complexity index is 864. The van der Waals surface area contributed by atoms with Gasteiger partial charge in [-0.25, -0.2) is 0 Å². The number of nitrogens with zero attached hydrogens (tertiary/aromatic N) is 4. The minimum Gasteiger partial charge on any atom is -0.485 e. The van der Waals surface area contributed by atoms with E-state index < -0.39 is 4.92 Å². The van der Waals surface area contributed by atoms with E-state index in [-0.39, 0.29) is 30.0 Å². The van der Waals surface area contributed by atoms with Crippen molar-refractivity contribution in [1.82, 2.24) is 15.0 Å². The van der Waals surface area contributed by atoms with Crippen LogP contribution in [0, 0.1) is 10.1 Å². The van der Waals surface area contributed by atoms with Crippen LogP contribution in [0.1, 0.15) is 5.82 Å². The Morgan fingerprint density at radius 2 is 1.92 bits per heavy atom. The Balaban J connectivity index is 1.91. The number of nitro benzene ring substituents is 1. The average molecular weight is 344 g/mol. The molecular formula is C14H12N6O3S. The summed E-state index contributed by atoms with van der Waals surface area (Å²) >= 11 is 1.45. The Kier molecular flexibility index (Phi) is 4.20. The highest BCUT2D eigenvalue weighted by Crippen LogP contribution is 2.36. The van der Waals surface area contributed by atoms with E-state index in [1.807, 2.05) is 17.5 Å². The normalized spacial score (nSPS) is 10.5. The quantitative estimate of drug-likeness (QED) is 0.530. The van der Waals surface area contributed by atoms with Gasteiger partial charge in [0.05, 0.1) is 4.92 Å². The van der Waals surface area contributed by atoms with E-state index in [2.05, 4.69) is 15.0 Å². The number of benzene rings is 1. The molecule has 3 rings (SSSR count). The van der Waals surface area contributed by atoms with E-state index in [1.54, 1.807) is 6.07 Å². The molecule has 0 fully saturated rings. The second kappa shape index (κ2) is 6.46. The molecule has 2 aromatic heterocycles. The smallest absolute Gasteiger partial charge is 0.270 e. The summed E-state index contributed by atoms with van der Waals surface area (Å²) in [7, 11) is 0. The fourth-order valence-electron chi connectivity index (χ4n) is 2.05. The standard InChI is InChI=1S/C14H12N6O3S/c15-13-17-12(18-14(16)19-13)7-23-10-4-3-8(20(21)22)6-9(10)11-2-1-5-24-11/h1-6H,7H2,(H4,15,16,17,18,19). The third kappa shape index (κ3) is 3.38. The van der Waals surface area contributed by atoms with Crippen molar-refractivity contribution in [3.05, 3.63) is 51.7 Å². The van der Waals surface area contributed by atoms with Crippen LogP contribution in [0.25, 0.3) is 10.4 Å². The van der Waals surface area contributed by atoms with E-state index in [9.17, 15) is 10.1 Å². The Hall–Kier alpha value is -3.27. The molecule has 0 saturated carbocycles. The van der Waals surface area contributed by atoms with Crippen LogP contribution in [0.3, 0.4) is 0 Å². The van der Waals surface area contributed by atoms with Gasteiger partial charge in [-0.15, -0.1) is 11.3 Å². The van der Waals surface area contributed by atoms with Crippen LogP contribution in [0.15, 0.2) is 35.7 Å². The van der Waals surface area contributed by atoms with Gasteiger partial charge < -0.3 is 16.2 Å². The summed E-state index contributed by atoms with van der Waals surface area (Å²) in [4.78, 5) is 22.9. The monoisotopic (exact) mass is 344 g/mol. The number of aromatic nitrogens is 3. The third-order valence-electron chi connectivity index (χ3n) is 3.03. The molecule has 0 aliphatic rings. The second-order valence-electron chi connectivity index (χ2n) is 4.67. The minimum atomic E-state index is -0.450. The number of ether oxygens (including phenoxy) is 1. The SMILES string of the molecule is Nc1nc(N)nc(COc2ccc([N+](=O)[O-])cc2-c2cccs2)n1. The maximum atomic E-state index is 11.0. The van der Waals surface area contributed by atoms with Crippen LogP contribution >= 0.6 is 11.3 Å². The third-order valence-corrected chi connectivity index (χ3v) is 3.94. The molecule has 0 aliphatic carbocycles. The van der Waals surface area contributed by atoms with Crippen molar-refractivity contribution >= 4 is 28.9 Å². The maximum absolute atomic E-state index is 11.0. The molecule has 0 aliphatic heterocycles. The molecule has 0 amide bonds. The van der Waals surface area contributed by atoms with E-state index in [0.717, 1.165) is 4.88 Å². The highest BCUT2D eigenvalue weighted by atomic mass is 32.1. The van der Waals surface area contributed by atoms with Crippen molar-refractivity contribution in [1.29, 1.82) is 0 Å². The van der Waals surface area contributed by atoms with E-state index in [4.69, 9.17) is 16.2 Å². The lowest BCUT2D eigenvalue weighted by Gasteiger charge is -2.10. The number of nitro groups is 1. The molecule has 0 radical (unpaired) electrons. The largest absolute Gasteiger partial charge is 0.485 e. The van der Waals surface area contributed by atoms with Crippen LogP contribution in [-0.4, -0.2) is 19.9 Å². The first kappa shape index (κ1) is 15.6. The molecule has 0 spiro atoms. The summed E-state index contributed by atoms with van der Waals surface area (Å²) in [5, 5.41) is 12.9. The second-order valence-corrected chi connectivity index (χ2v) is 5.62. The fraction of sp³-hybridized carbons (Fsp3) is 0.0714. The van der Waals surface area contributed by atoms with Crippen LogP contribution < -0.4 is 16.2 Å². The number of anilines is 2. The van der Waals surface area contributed by atoms with Gasteiger partial charge in [0.25, 0.3) is 5.69 Å². The highest BCUT2D eigenvalue weighted by molar-refractivity contribution is 7.13. The zero-order valence-corrected chi connectivity index (χ0v) is 13.1. The van der Waals surface area contributed by atoms with Crippen LogP contribution in [-0.2, 0) is 6.61 Å². The summed E-state index contributed by atoms with van der Waals surface area (Å²) in [6.45, 7) is 0.00705. The first-order valence-corrected chi connectivity index (χ1v) is 7.62. The highest BCUT2D eigenvalue weighted by Gasteiger charge is 2.15. The molecule has 4 N–H and O–H groups in total. The van der Waals surface area contributed by atoms with Crippen molar-refractivity contribution in [2.75, 3.05) is 11.5 Å². The number of nitrogens with two attached hydrogens (primary N) is 2. The molecular weight excluding hydrogens is 332 g/mol. The molecule has 0 unspecified atom stereocenters. The van der Waals surface area contributed by atoms with Gasteiger partial charge >= 0.3 is 0 Å². The predicted octanol–water partition coefficient (Wildman–Crippen LogP) is 2.25. The van der Waals surface area contributed by atoms with Gasteiger partial charge in [-0.1, -0.05) is 6.07 Å². The minimum absolute atomic E-state index is 0.00304. The molecule has 10 heteroatoms. The number of nitrogen functional groups attached to an aromatic ring is 2. The topological polar surface area (TPSA) is 143 Å². The first-order valence-electron chi connectivity index (χ1n) is 6.74. The molecule has 0 bridgehead atoms. The number of thiophene rings is 1. The van der Waals surface area contributed by atoms with Gasteiger partial charge in [0.15, 0.2) is 5.82 Å². The zero-order chi connectivity index (χ0) is 17.1. The van der Waals surface area contributed by atoms with Crippen LogP contribution in [0.2, 0.25) is 0 Å². The summed E-state index contributed by atoms with van der Waals surface area (Å²) in [5.74, 6) is 0.752. The molecule has 122 valence electrons. The van der Waals surface area contributed by atoms with Gasteiger partial charge in [-0.3, -0.25) is 10.1 Å². The van der Waals surface area contributed by atoms with Gasteiger partial charge in [0, 0.05) is 22.6 Å². The van der Waals surface area contributed by atoms with Crippen molar-refractivity contribution < 1.29 is 9.66 Å². The molecule has 2 heterocycles. The Morgan fingerprint density at radius 3 is 2.54 bits per heavy atom. The summed E-state index contributed by atoms with van der Waals surface area (Å²) in [6, 6.07) is 8.10. The van der Waals surface area contributed by atoms with Crippen molar-refractivity contribution in [3.63, 3.8) is 0 Å². The first-order chi connectivity index (χ1) is 11.5. The van der Waals surface area contributed by atoms with Crippen LogP contribution in [0.4, 0.5) is 17.6 Å². The van der Waals surface area contributed by atoms with Gasteiger partial charge in [-0.2, -0.15) is 15.0 Å². The molecule has 0 atom stereocenters. The Labute approximate surface area is 140 Å². The van der Waals surface area contributed by atoms with Gasteiger partial charge in [0.1, 0.15) is 12.4 Å². The number of rotatable bonds is 5. The Morgan fingerprint density at radius 1 is 1.17 bits per heavy atom. The fourth-order valence-corrected chi connectivity index (χ4v) is 2.79. The summed E-state index contributed by atoms with van der Waals surface area (Å²) in [6.07, 6.45) is 0. The van der Waals surface area contributed by atoms with Crippen molar-refractivity contribution in [2.45, 2.75) is 6.61 Å². The lowest BCUT2D eigenvalue weighted by atomic mass is 10.1. The zero-order valence-electron chi connectivity index (χ0n) is 12.2. The van der Waals surface area contributed by atoms with E-state index >= 15 is 0 Å². The summed E-state index contributed by atoms with van der Waals surface area (Å²) in [5.41, 5.74) is 11.6. The summed E-state index contributed by atoms with van der Waals surface area (Å²) < 4.78 is 5.71. The molecule has 0 saturated heterocycles. The molecule has 3 aromatic rings. The molecule has 9 nitrogen and oxygen atoms in total. The van der Waals surface area contributed by atoms with Gasteiger partial charge in [0.2, 0.25) is 11.9 Å². The van der Waals surface area contributed by atoms with Gasteiger partial charge in [-0.05, 0) is 17.5 Å². The lowest BCUT2D eigenvalue weighted by Crippen LogP contribution is -2.09. The number of hydrogen-bond donors (Lipinski definition) is 2. The van der Waals surface area contributed by atoms with Crippen molar-refractivity contribution in [2.24, 2.45) is 0 Å². The molecule has 24 heavy (non-hydrogen) atoms. The van der Waals surface area contributed by atoms with E-state index in [0.29, 0.717) is 11.3 Å². The van der Waals surface area contributed by atoms with Crippen LogP contribution in [0.5, 0.6) is 5.75 Å². The predicted molar refractivity (Wildman–Crippen MR) is 89.4 cm³/mol. The molecule has 1 aromatic carbocycles. The maximum Gasteiger partial charge on any atom is 0.270 e. The van der Waals surface area contributed by atoms with E-state index in [1.165, 1.54) is 23.5 Å². The average Bonchev–Trinajstić information content (AvgIpc) is 3.06. The van der Waals surface area contributed by atoms with Crippen molar-refractivity contribution in [3.8, 4) is 16.2 Å². The number of non-ortho nitro benzene ring substituents is 1. The number of hydrogen-bond acceptors (Lipinski definition) is 9.